The third-order valence-electron chi connectivity index (χ3n) is 3.36. The Morgan fingerprint density at radius 1 is 1.19 bits per heavy atom. The van der Waals surface area contributed by atoms with Gasteiger partial charge in [0, 0.05) is 30.3 Å². The van der Waals surface area contributed by atoms with Crippen LogP contribution in [0.5, 0.6) is 5.75 Å². The summed E-state index contributed by atoms with van der Waals surface area (Å²) in [5, 5.41) is 3.28. The van der Waals surface area contributed by atoms with E-state index in [1.807, 2.05) is 25.3 Å². The molecule has 1 fully saturated rings. The Kier molecular flexibility index (Phi) is 3.99. The fraction of sp³-hybridized carbons (Fsp3) is 0.438. The summed E-state index contributed by atoms with van der Waals surface area (Å²) in [6.07, 6.45) is 5.91. The molecule has 0 saturated heterocycles. The number of nitrogens with one attached hydrogen (secondary N) is 1. The van der Waals surface area contributed by atoms with Crippen LogP contribution in [0.1, 0.15) is 38.4 Å². The summed E-state index contributed by atoms with van der Waals surface area (Å²) in [5.41, 5.74) is 1.86. The van der Waals surface area contributed by atoms with Crippen molar-refractivity contribution in [3.05, 3.63) is 30.4 Å². The molecule has 1 saturated carbocycles. The molecular formula is C16H20N4O. The molecule has 0 spiro atoms. The number of hydrogen-bond acceptors (Lipinski definition) is 5. The highest BCUT2D eigenvalue weighted by Gasteiger charge is 2.27. The third kappa shape index (κ3) is 3.29. The van der Waals surface area contributed by atoms with Gasteiger partial charge in [-0.25, -0.2) is 9.97 Å². The molecule has 0 atom stereocenters. The van der Waals surface area contributed by atoms with Gasteiger partial charge in [0.25, 0.3) is 0 Å². The van der Waals surface area contributed by atoms with E-state index in [2.05, 4.69) is 22.2 Å². The van der Waals surface area contributed by atoms with Crippen LogP contribution in [0.25, 0.3) is 11.3 Å². The van der Waals surface area contributed by atoms with Gasteiger partial charge in [0.05, 0.1) is 18.5 Å². The van der Waals surface area contributed by atoms with Gasteiger partial charge in [-0.3, -0.25) is 4.98 Å². The number of pyridine rings is 1. The molecule has 21 heavy (non-hydrogen) atoms. The second-order valence-corrected chi connectivity index (χ2v) is 5.14. The van der Waals surface area contributed by atoms with Gasteiger partial charge in [-0.15, -0.1) is 0 Å². The van der Waals surface area contributed by atoms with Crippen molar-refractivity contribution in [2.24, 2.45) is 0 Å². The fourth-order valence-corrected chi connectivity index (χ4v) is 2.21. The lowest BCUT2D eigenvalue weighted by atomic mass is 10.2. The van der Waals surface area contributed by atoms with Gasteiger partial charge >= 0.3 is 0 Å². The average Bonchev–Trinajstić information content (AvgIpc) is 3.33. The van der Waals surface area contributed by atoms with Crippen molar-refractivity contribution in [3.63, 3.8) is 0 Å². The minimum absolute atomic E-state index is 0.519. The van der Waals surface area contributed by atoms with Crippen LogP contribution in [-0.2, 0) is 0 Å². The maximum absolute atomic E-state index is 5.51. The van der Waals surface area contributed by atoms with Gasteiger partial charge in [0.2, 0.25) is 0 Å². The van der Waals surface area contributed by atoms with Crippen molar-refractivity contribution < 1.29 is 4.74 Å². The number of hydrogen-bond donors (Lipinski definition) is 1. The minimum atomic E-state index is 0.519. The Hall–Kier alpha value is -2.17. The van der Waals surface area contributed by atoms with E-state index in [0.717, 1.165) is 35.2 Å². The maximum Gasteiger partial charge on any atom is 0.138 e. The van der Waals surface area contributed by atoms with E-state index in [0.29, 0.717) is 12.5 Å². The van der Waals surface area contributed by atoms with Crippen molar-refractivity contribution in [1.82, 2.24) is 15.0 Å². The number of rotatable bonds is 6. The van der Waals surface area contributed by atoms with Crippen molar-refractivity contribution in [2.75, 3.05) is 18.5 Å². The van der Waals surface area contributed by atoms with Crippen LogP contribution in [0.3, 0.4) is 0 Å². The molecule has 5 nitrogen and oxygen atoms in total. The minimum Gasteiger partial charge on any atom is -0.492 e. The quantitative estimate of drug-likeness (QED) is 0.882. The smallest absolute Gasteiger partial charge is 0.138 e. The molecule has 0 aliphatic heterocycles. The number of aromatic nitrogens is 3. The molecule has 1 aliphatic carbocycles. The standard InChI is InChI=1S/C16H20N4O/c1-3-18-15-8-14(19-16(20-15)11-5-6-11)12-7-13(21-4-2)10-17-9-12/h7-11H,3-6H2,1-2H3,(H,18,19,20). The van der Waals surface area contributed by atoms with Crippen LogP contribution >= 0.6 is 0 Å². The van der Waals surface area contributed by atoms with Crippen LogP contribution < -0.4 is 10.1 Å². The lowest BCUT2D eigenvalue weighted by molar-refractivity contribution is 0.339. The van der Waals surface area contributed by atoms with Gasteiger partial charge in [0.1, 0.15) is 17.4 Å². The van der Waals surface area contributed by atoms with Gasteiger partial charge < -0.3 is 10.1 Å². The molecule has 2 aromatic heterocycles. The molecule has 0 bridgehead atoms. The Bertz CT molecular complexity index is 625. The number of anilines is 1. The summed E-state index contributed by atoms with van der Waals surface area (Å²) in [6, 6.07) is 3.95. The molecule has 0 amide bonds. The van der Waals surface area contributed by atoms with E-state index < -0.39 is 0 Å². The van der Waals surface area contributed by atoms with Gasteiger partial charge in [0.15, 0.2) is 0 Å². The van der Waals surface area contributed by atoms with E-state index >= 15 is 0 Å². The predicted octanol–water partition coefficient (Wildman–Crippen LogP) is 3.25. The second kappa shape index (κ2) is 6.08. The van der Waals surface area contributed by atoms with E-state index in [1.54, 1.807) is 6.20 Å². The van der Waals surface area contributed by atoms with Crippen LogP contribution in [0.4, 0.5) is 5.82 Å². The normalized spacial score (nSPS) is 14.0. The van der Waals surface area contributed by atoms with Crippen LogP contribution in [-0.4, -0.2) is 28.1 Å². The highest BCUT2D eigenvalue weighted by molar-refractivity contribution is 5.63. The number of ether oxygens (including phenoxy) is 1. The Labute approximate surface area is 124 Å². The predicted molar refractivity (Wildman–Crippen MR) is 82.6 cm³/mol. The molecule has 1 N–H and O–H groups in total. The highest BCUT2D eigenvalue weighted by atomic mass is 16.5. The molecule has 0 radical (unpaired) electrons. The molecule has 1 aliphatic rings. The first kappa shape index (κ1) is 13.8. The average molecular weight is 284 g/mol. The molecular weight excluding hydrogens is 264 g/mol. The van der Waals surface area contributed by atoms with E-state index in [9.17, 15) is 0 Å². The van der Waals surface area contributed by atoms with Gasteiger partial charge in [-0.05, 0) is 32.8 Å². The lowest BCUT2D eigenvalue weighted by Crippen LogP contribution is -2.04. The summed E-state index contributed by atoms with van der Waals surface area (Å²) in [5.74, 6) is 3.11. The fourth-order valence-electron chi connectivity index (χ4n) is 2.21. The van der Waals surface area contributed by atoms with Crippen molar-refractivity contribution in [3.8, 4) is 17.0 Å². The zero-order valence-electron chi connectivity index (χ0n) is 12.5. The van der Waals surface area contributed by atoms with E-state index in [-0.39, 0.29) is 0 Å². The largest absolute Gasteiger partial charge is 0.492 e. The van der Waals surface area contributed by atoms with Crippen molar-refractivity contribution >= 4 is 5.82 Å². The first-order chi connectivity index (χ1) is 10.3. The second-order valence-electron chi connectivity index (χ2n) is 5.14. The summed E-state index contributed by atoms with van der Waals surface area (Å²) in [4.78, 5) is 13.5. The summed E-state index contributed by atoms with van der Waals surface area (Å²) < 4.78 is 5.51. The molecule has 110 valence electrons. The SMILES string of the molecule is CCNc1cc(-c2cncc(OCC)c2)nc(C2CC2)n1. The Balaban J connectivity index is 1.97. The molecule has 2 heterocycles. The molecule has 0 aromatic carbocycles. The van der Waals surface area contributed by atoms with Crippen molar-refractivity contribution in [1.29, 1.82) is 0 Å². The highest BCUT2D eigenvalue weighted by Crippen LogP contribution is 2.39. The van der Waals surface area contributed by atoms with E-state index in [1.165, 1.54) is 12.8 Å². The first-order valence-corrected chi connectivity index (χ1v) is 7.51. The monoisotopic (exact) mass is 284 g/mol. The Morgan fingerprint density at radius 3 is 2.76 bits per heavy atom. The topological polar surface area (TPSA) is 59.9 Å². The van der Waals surface area contributed by atoms with Crippen LogP contribution in [0.2, 0.25) is 0 Å². The maximum atomic E-state index is 5.51. The van der Waals surface area contributed by atoms with Crippen LogP contribution in [0, 0.1) is 0 Å². The molecule has 0 unspecified atom stereocenters. The van der Waals surface area contributed by atoms with Crippen molar-refractivity contribution in [2.45, 2.75) is 32.6 Å². The Morgan fingerprint density at radius 2 is 2.05 bits per heavy atom. The zero-order chi connectivity index (χ0) is 14.7. The third-order valence-corrected chi connectivity index (χ3v) is 3.36. The first-order valence-electron chi connectivity index (χ1n) is 7.51. The molecule has 3 rings (SSSR count). The molecule has 2 aromatic rings. The zero-order valence-corrected chi connectivity index (χ0v) is 12.5. The molecule has 5 heteroatoms. The number of nitrogens with zero attached hydrogens (tertiary/aromatic N) is 3. The van der Waals surface area contributed by atoms with Gasteiger partial charge in [-0.2, -0.15) is 0 Å². The van der Waals surface area contributed by atoms with Gasteiger partial charge in [-0.1, -0.05) is 0 Å². The van der Waals surface area contributed by atoms with Crippen LogP contribution in [0.15, 0.2) is 24.5 Å². The summed E-state index contributed by atoms with van der Waals surface area (Å²) in [6.45, 7) is 5.50. The summed E-state index contributed by atoms with van der Waals surface area (Å²) >= 11 is 0. The lowest BCUT2D eigenvalue weighted by Gasteiger charge is -2.09. The van der Waals surface area contributed by atoms with E-state index in [4.69, 9.17) is 9.72 Å². The summed E-state index contributed by atoms with van der Waals surface area (Å²) in [7, 11) is 0.